The molecule has 2 aliphatic rings. The predicted molar refractivity (Wildman–Crippen MR) is 179 cm³/mol. The second-order valence-electron chi connectivity index (χ2n) is 11.0. The van der Waals surface area contributed by atoms with Crippen LogP contribution in [0.5, 0.6) is 17.2 Å². The maximum Gasteiger partial charge on any atom is 0.272 e. The van der Waals surface area contributed by atoms with Crippen molar-refractivity contribution in [1.29, 1.82) is 0 Å². The Labute approximate surface area is 275 Å². The molecule has 2 N–H and O–H groups in total. The molecule has 47 heavy (non-hydrogen) atoms. The van der Waals surface area contributed by atoms with Crippen LogP contribution in [0.25, 0.3) is 6.08 Å². The van der Waals surface area contributed by atoms with Gasteiger partial charge in [-0.25, -0.2) is 4.90 Å². The Morgan fingerprint density at radius 1 is 0.936 bits per heavy atom. The molecule has 238 valence electrons. The third kappa shape index (κ3) is 6.85. The quantitative estimate of drug-likeness (QED) is 0.170. The Hall–Kier alpha value is -5.55. The zero-order chi connectivity index (χ0) is 33.1. The topological polar surface area (TPSA) is 123 Å². The fourth-order valence-electron chi connectivity index (χ4n) is 5.18. The summed E-state index contributed by atoms with van der Waals surface area (Å²) in [4.78, 5) is 54.9. The van der Waals surface area contributed by atoms with Gasteiger partial charge in [-0.1, -0.05) is 30.3 Å². The second-order valence-corrected chi connectivity index (χ2v) is 12.2. The van der Waals surface area contributed by atoms with E-state index in [4.69, 9.17) is 14.2 Å². The number of amides is 4. The minimum Gasteiger partial charge on any atom is -0.493 e. The van der Waals surface area contributed by atoms with Gasteiger partial charge in [0.2, 0.25) is 24.4 Å². The summed E-state index contributed by atoms with van der Waals surface area (Å²) >= 11 is 1.26. The molecule has 10 nitrogen and oxygen atoms in total. The number of nitrogens with one attached hydrogen (secondary N) is 2. The van der Waals surface area contributed by atoms with Gasteiger partial charge in [0.15, 0.2) is 11.5 Å². The smallest absolute Gasteiger partial charge is 0.272 e. The molecule has 4 amide bonds. The van der Waals surface area contributed by atoms with Crippen molar-refractivity contribution in [3.8, 4) is 17.2 Å². The summed E-state index contributed by atoms with van der Waals surface area (Å²) in [6.07, 6.45) is 1.58. The third-order valence-electron chi connectivity index (χ3n) is 7.74. The van der Waals surface area contributed by atoms with Crippen molar-refractivity contribution in [1.82, 2.24) is 5.32 Å². The fraction of sp³-hybridized carbons (Fsp3) is 0.167. The van der Waals surface area contributed by atoms with Gasteiger partial charge in [0.1, 0.15) is 5.70 Å². The highest BCUT2D eigenvalue weighted by molar-refractivity contribution is 8.00. The first-order valence-electron chi connectivity index (χ1n) is 14.8. The first-order valence-corrected chi connectivity index (χ1v) is 15.7. The van der Waals surface area contributed by atoms with Gasteiger partial charge in [-0.2, -0.15) is 0 Å². The van der Waals surface area contributed by atoms with Crippen LogP contribution in [0.1, 0.15) is 33.5 Å². The van der Waals surface area contributed by atoms with Crippen LogP contribution >= 0.6 is 11.8 Å². The Kier molecular flexibility index (Phi) is 8.99. The van der Waals surface area contributed by atoms with Crippen molar-refractivity contribution in [3.63, 3.8) is 0 Å². The standard InChI is InChI=1S/C36H31N3O7S/c1-21-12-13-26(14-22(21)2)39-32(40)19-31(36(39)43)47-27-11-7-10-25(18-27)37-35(42)28(38-34(41)24-8-5-4-6-9-24)15-23-16-29(44-3)33-30(17-23)45-20-46-33/h4-18,31H,19-20H2,1-3H3,(H,37,42)(H,38,41). The summed E-state index contributed by atoms with van der Waals surface area (Å²) in [5, 5.41) is 4.96. The first-order chi connectivity index (χ1) is 22.7. The summed E-state index contributed by atoms with van der Waals surface area (Å²) in [5.74, 6) is -0.276. The molecule has 0 aromatic heterocycles. The van der Waals surface area contributed by atoms with Crippen LogP contribution in [-0.2, 0) is 14.4 Å². The molecular formula is C36H31N3O7S. The minimum atomic E-state index is -0.614. The molecule has 0 saturated carbocycles. The molecule has 4 aromatic rings. The number of imide groups is 1. The number of rotatable bonds is 9. The number of carbonyl (C=O) groups excluding carboxylic acids is 4. The molecule has 2 heterocycles. The number of hydrogen-bond donors (Lipinski definition) is 2. The largest absolute Gasteiger partial charge is 0.493 e. The molecule has 1 saturated heterocycles. The Morgan fingerprint density at radius 3 is 2.51 bits per heavy atom. The number of fused-ring (bicyclic) bond motifs is 1. The monoisotopic (exact) mass is 649 g/mol. The number of thioether (sulfide) groups is 1. The fourth-order valence-corrected chi connectivity index (χ4v) is 6.30. The number of anilines is 2. The van der Waals surface area contributed by atoms with E-state index in [1.54, 1.807) is 66.7 Å². The van der Waals surface area contributed by atoms with Gasteiger partial charge in [-0.15, -0.1) is 11.8 Å². The first kappa shape index (κ1) is 31.4. The highest BCUT2D eigenvalue weighted by atomic mass is 32.2. The minimum absolute atomic E-state index is 0.0292. The number of aryl methyl sites for hydroxylation is 2. The molecule has 0 aliphatic carbocycles. The SMILES string of the molecule is COc1cc(C=C(NC(=O)c2ccccc2)C(=O)Nc2cccc(SC3CC(=O)N(c4ccc(C)c(C)c4)C3=O)c2)cc2c1OCO2. The lowest BCUT2D eigenvalue weighted by Gasteiger charge is -2.16. The average molecular weight is 650 g/mol. The Bertz CT molecular complexity index is 1930. The van der Waals surface area contributed by atoms with Crippen LogP contribution in [-0.4, -0.2) is 42.8 Å². The molecule has 11 heteroatoms. The average Bonchev–Trinajstić information content (AvgIpc) is 3.65. The Balaban J connectivity index is 1.22. The molecule has 4 aromatic carbocycles. The maximum absolute atomic E-state index is 13.7. The lowest BCUT2D eigenvalue weighted by molar-refractivity contribution is -0.121. The molecule has 1 fully saturated rings. The molecule has 0 bridgehead atoms. The summed E-state index contributed by atoms with van der Waals surface area (Å²) in [5.41, 5.74) is 3.94. The third-order valence-corrected chi connectivity index (χ3v) is 8.92. The second kappa shape index (κ2) is 13.4. The van der Waals surface area contributed by atoms with E-state index in [2.05, 4.69) is 10.6 Å². The van der Waals surface area contributed by atoms with Gasteiger partial charge < -0.3 is 24.8 Å². The number of ether oxygens (including phenoxy) is 3. The van der Waals surface area contributed by atoms with Crippen LogP contribution in [0.2, 0.25) is 0 Å². The van der Waals surface area contributed by atoms with Crippen LogP contribution in [0.15, 0.2) is 95.5 Å². The van der Waals surface area contributed by atoms with Crippen molar-refractivity contribution in [2.45, 2.75) is 30.4 Å². The molecule has 1 atom stereocenters. The number of benzene rings is 4. The molecule has 6 rings (SSSR count). The zero-order valence-electron chi connectivity index (χ0n) is 25.9. The molecular weight excluding hydrogens is 618 g/mol. The molecule has 0 spiro atoms. The van der Waals surface area contributed by atoms with E-state index >= 15 is 0 Å². The van der Waals surface area contributed by atoms with Crippen LogP contribution in [0.3, 0.4) is 0 Å². The van der Waals surface area contributed by atoms with Gasteiger partial charge in [0.25, 0.3) is 11.8 Å². The summed E-state index contributed by atoms with van der Waals surface area (Å²) in [7, 11) is 1.50. The zero-order valence-corrected chi connectivity index (χ0v) is 26.7. The highest BCUT2D eigenvalue weighted by Gasteiger charge is 2.40. The Morgan fingerprint density at radius 2 is 1.74 bits per heavy atom. The van der Waals surface area contributed by atoms with E-state index in [1.807, 2.05) is 32.0 Å². The van der Waals surface area contributed by atoms with Gasteiger partial charge >= 0.3 is 0 Å². The van der Waals surface area contributed by atoms with Crippen LogP contribution in [0, 0.1) is 13.8 Å². The summed E-state index contributed by atoms with van der Waals surface area (Å²) < 4.78 is 16.4. The van der Waals surface area contributed by atoms with E-state index in [0.29, 0.717) is 44.6 Å². The van der Waals surface area contributed by atoms with Gasteiger partial charge in [0, 0.05) is 22.6 Å². The molecule has 0 radical (unpaired) electrons. The van der Waals surface area contributed by atoms with Gasteiger partial charge in [0.05, 0.1) is 18.0 Å². The van der Waals surface area contributed by atoms with Gasteiger partial charge in [-0.3, -0.25) is 19.2 Å². The molecule has 2 aliphatic heterocycles. The number of carbonyl (C=O) groups is 4. The van der Waals surface area contributed by atoms with E-state index in [0.717, 1.165) is 11.1 Å². The van der Waals surface area contributed by atoms with Crippen molar-refractivity contribution < 1.29 is 33.4 Å². The predicted octanol–water partition coefficient (Wildman–Crippen LogP) is 5.87. The lowest BCUT2D eigenvalue weighted by atomic mass is 10.1. The normalized spacial score (nSPS) is 15.5. The van der Waals surface area contributed by atoms with E-state index in [1.165, 1.54) is 29.8 Å². The van der Waals surface area contributed by atoms with Crippen LogP contribution < -0.4 is 29.7 Å². The van der Waals surface area contributed by atoms with E-state index < -0.39 is 17.1 Å². The number of hydrogen-bond acceptors (Lipinski definition) is 8. The summed E-state index contributed by atoms with van der Waals surface area (Å²) in [6.45, 7) is 3.95. The summed E-state index contributed by atoms with van der Waals surface area (Å²) in [6, 6.07) is 24.4. The number of nitrogens with zero attached hydrogens (tertiary/aromatic N) is 1. The van der Waals surface area contributed by atoms with Crippen molar-refractivity contribution in [2.24, 2.45) is 0 Å². The lowest BCUT2D eigenvalue weighted by Crippen LogP contribution is -2.31. The van der Waals surface area contributed by atoms with Gasteiger partial charge in [-0.05, 0) is 91.2 Å². The van der Waals surface area contributed by atoms with E-state index in [9.17, 15) is 19.2 Å². The van der Waals surface area contributed by atoms with Crippen molar-refractivity contribution in [2.75, 3.05) is 24.1 Å². The van der Waals surface area contributed by atoms with Crippen LogP contribution in [0.4, 0.5) is 11.4 Å². The molecule has 1 unspecified atom stereocenters. The van der Waals surface area contributed by atoms with Crippen molar-refractivity contribution in [3.05, 3.63) is 113 Å². The van der Waals surface area contributed by atoms with E-state index in [-0.39, 0.29) is 30.7 Å². The maximum atomic E-state index is 13.7. The number of methoxy groups -OCH3 is 1. The van der Waals surface area contributed by atoms with Crippen molar-refractivity contribution >= 4 is 52.8 Å². The highest BCUT2D eigenvalue weighted by Crippen LogP contribution is 2.42.